The largest absolute Gasteiger partial charge is 0.466 e. The number of carbonyl (C=O) groups excluding carboxylic acids is 2. The molecule has 118 valence electrons. The van der Waals surface area contributed by atoms with E-state index in [4.69, 9.17) is 0 Å². The standard InChI is InChI=1S/C19H19NO3/c1-13-11-16(9-10-18(22)23-3)19(20-14(2)21)17(12-13)15-7-5-4-6-8-15/h4-12H,1-3H3,(H,20,21)/b10-9+. The maximum Gasteiger partial charge on any atom is 0.330 e. The topological polar surface area (TPSA) is 55.4 Å². The number of ether oxygens (including phenoxy) is 1. The van der Waals surface area contributed by atoms with Gasteiger partial charge >= 0.3 is 5.97 Å². The van der Waals surface area contributed by atoms with Crippen molar-refractivity contribution in [3.8, 4) is 11.1 Å². The number of hydrogen-bond donors (Lipinski definition) is 1. The zero-order valence-electron chi connectivity index (χ0n) is 13.4. The van der Waals surface area contributed by atoms with E-state index in [1.807, 2.05) is 49.4 Å². The molecule has 0 saturated heterocycles. The van der Waals surface area contributed by atoms with E-state index in [-0.39, 0.29) is 5.91 Å². The molecule has 0 saturated carbocycles. The zero-order chi connectivity index (χ0) is 16.8. The highest BCUT2D eigenvalue weighted by molar-refractivity contribution is 5.99. The third-order valence-corrected chi connectivity index (χ3v) is 3.30. The summed E-state index contributed by atoms with van der Waals surface area (Å²) in [7, 11) is 1.33. The first kappa shape index (κ1) is 16.5. The second-order valence-corrected chi connectivity index (χ2v) is 5.18. The summed E-state index contributed by atoms with van der Waals surface area (Å²) < 4.78 is 4.62. The van der Waals surface area contributed by atoms with Gasteiger partial charge in [0.15, 0.2) is 0 Å². The van der Waals surface area contributed by atoms with Crippen LogP contribution >= 0.6 is 0 Å². The molecular formula is C19H19NO3. The minimum absolute atomic E-state index is 0.168. The van der Waals surface area contributed by atoms with Gasteiger partial charge in [-0.25, -0.2) is 4.79 Å². The Bertz CT molecular complexity index is 749. The molecule has 2 aromatic rings. The number of carbonyl (C=O) groups is 2. The summed E-state index contributed by atoms with van der Waals surface area (Å²) in [6, 6.07) is 13.7. The molecule has 4 nitrogen and oxygen atoms in total. The molecule has 0 heterocycles. The van der Waals surface area contributed by atoms with Crippen LogP contribution in [0.2, 0.25) is 0 Å². The second-order valence-electron chi connectivity index (χ2n) is 5.18. The fourth-order valence-corrected chi connectivity index (χ4v) is 2.33. The number of anilines is 1. The first-order valence-electron chi connectivity index (χ1n) is 7.25. The van der Waals surface area contributed by atoms with Gasteiger partial charge in [0.2, 0.25) is 5.91 Å². The minimum atomic E-state index is -0.443. The van der Waals surface area contributed by atoms with Crippen LogP contribution in [0.4, 0.5) is 5.69 Å². The van der Waals surface area contributed by atoms with E-state index in [9.17, 15) is 9.59 Å². The van der Waals surface area contributed by atoms with Crippen LogP contribution in [0.1, 0.15) is 18.1 Å². The van der Waals surface area contributed by atoms with Crippen LogP contribution in [0, 0.1) is 6.92 Å². The van der Waals surface area contributed by atoms with Crippen LogP contribution in [0.15, 0.2) is 48.5 Å². The van der Waals surface area contributed by atoms with Gasteiger partial charge in [0.25, 0.3) is 0 Å². The Morgan fingerprint density at radius 2 is 1.83 bits per heavy atom. The van der Waals surface area contributed by atoms with Gasteiger partial charge in [0.1, 0.15) is 0 Å². The molecule has 4 heteroatoms. The molecule has 0 aliphatic rings. The maximum absolute atomic E-state index is 11.6. The van der Waals surface area contributed by atoms with Crippen LogP contribution in [-0.2, 0) is 14.3 Å². The Balaban J connectivity index is 2.61. The smallest absolute Gasteiger partial charge is 0.330 e. The van der Waals surface area contributed by atoms with Crippen molar-refractivity contribution in [2.75, 3.05) is 12.4 Å². The maximum atomic E-state index is 11.6. The van der Waals surface area contributed by atoms with Gasteiger partial charge in [-0.1, -0.05) is 30.3 Å². The molecule has 1 amide bonds. The Labute approximate surface area is 135 Å². The molecule has 0 unspecified atom stereocenters. The van der Waals surface area contributed by atoms with E-state index in [1.54, 1.807) is 6.08 Å². The van der Waals surface area contributed by atoms with Gasteiger partial charge < -0.3 is 10.1 Å². The number of rotatable bonds is 4. The normalized spacial score (nSPS) is 10.6. The molecule has 0 bridgehead atoms. The minimum Gasteiger partial charge on any atom is -0.466 e. The molecule has 0 atom stereocenters. The first-order chi connectivity index (χ1) is 11.0. The van der Waals surface area contributed by atoms with E-state index in [0.29, 0.717) is 5.69 Å². The average molecular weight is 309 g/mol. The molecule has 2 rings (SSSR count). The lowest BCUT2D eigenvalue weighted by molar-refractivity contribution is -0.134. The van der Waals surface area contributed by atoms with Crippen molar-refractivity contribution >= 4 is 23.6 Å². The Kier molecular flexibility index (Phi) is 5.31. The number of esters is 1. The molecule has 0 spiro atoms. The lowest BCUT2D eigenvalue weighted by Crippen LogP contribution is -2.09. The summed E-state index contributed by atoms with van der Waals surface area (Å²) in [5, 5.41) is 2.87. The first-order valence-corrected chi connectivity index (χ1v) is 7.25. The van der Waals surface area contributed by atoms with Crippen LogP contribution in [0.5, 0.6) is 0 Å². The van der Waals surface area contributed by atoms with Gasteiger partial charge in [-0.05, 0) is 41.8 Å². The van der Waals surface area contributed by atoms with Crippen molar-refractivity contribution in [3.05, 3.63) is 59.7 Å². The number of methoxy groups -OCH3 is 1. The van der Waals surface area contributed by atoms with Crippen molar-refractivity contribution in [2.24, 2.45) is 0 Å². The zero-order valence-corrected chi connectivity index (χ0v) is 13.4. The fourth-order valence-electron chi connectivity index (χ4n) is 2.33. The third kappa shape index (κ3) is 4.30. The number of aryl methyl sites for hydroxylation is 1. The van der Waals surface area contributed by atoms with Crippen molar-refractivity contribution in [1.29, 1.82) is 0 Å². The third-order valence-electron chi connectivity index (χ3n) is 3.30. The summed E-state index contributed by atoms with van der Waals surface area (Å²) in [6.45, 7) is 3.43. The quantitative estimate of drug-likeness (QED) is 0.690. The van der Waals surface area contributed by atoms with Crippen molar-refractivity contribution in [1.82, 2.24) is 0 Å². The predicted octanol–water partition coefficient (Wildman–Crippen LogP) is 3.81. The number of hydrogen-bond acceptors (Lipinski definition) is 3. The molecule has 0 aliphatic heterocycles. The van der Waals surface area contributed by atoms with Crippen LogP contribution in [0.25, 0.3) is 17.2 Å². The van der Waals surface area contributed by atoms with E-state index >= 15 is 0 Å². The van der Waals surface area contributed by atoms with E-state index < -0.39 is 5.97 Å². The average Bonchev–Trinajstić information content (AvgIpc) is 2.54. The predicted molar refractivity (Wildman–Crippen MR) is 92.0 cm³/mol. The molecule has 0 aliphatic carbocycles. The summed E-state index contributed by atoms with van der Waals surface area (Å²) in [5.41, 5.74) is 4.36. The highest BCUT2D eigenvalue weighted by Crippen LogP contribution is 2.33. The van der Waals surface area contributed by atoms with Crippen LogP contribution < -0.4 is 5.32 Å². The van der Waals surface area contributed by atoms with Crippen molar-refractivity contribution in [3.63, 3.8) is 0 Å². The monoisotopic (exact) mass is 309 g/mol. The summed E-state index contributed by atoms with van der Waals surface area (Å²) in [6.07, 6.45) is 2.99. The highest BCUT2D eigenvalue weighted by atomic mass is 16.5. The summed E-state index contributed by atoms with van der Waals surface area (Å²) >= 11 is 0. The van der Waals surface area contributed by atoms with Gasteiger partial charge in [0, 0.05) is 18.6 Å². The number of benzene rings is 2. The van der Waals surface area contributed by atoms with Gasteiger partial charge in [-0.2, -0.15) is 0 Å². The molecule has 0 aromatic heterocycles. The van der Waals surface area contributed by atoms with Crippen molar-refractivity contribution < 1.29 is 14.3 Å². The van der Waals surface area contributed by atoms with Gasteiger partial charge in [-0.3, -0.25) is 4.79 Å². The molecule has 23 heavy (non-hydrogen) atoms. The highest BCUT2D eigenvalue weighted by Gasteiger charge is 2.12. The van der Waals surface area contributed by atoms with E-state index in [1.165, 1.54) is 20.1 Å². The van der Waals surface area contributed by atoms with Crippen molar-refractivity contribution in [2.45, 2.75) is 13.8 Å². The fraction of sp³-hybridized carbons (Fsp3) is 0.158. The Morgan fingerprint density at radius 1 is 1.13 bits per heavy atom. The molecule has 2 aromatic carbocycles. The molecule has 0 fully saturated rings. The van der Waals surface area contributed by atoms with E-state index in [2.05, 4.69) is 10.1 Å². The summed E-state index contributed by atoms with van der Waals surface area (Å²) in [4.78, 5) is 23.0. The van der Waals surface area contributed by atoms with Gasteiger partial charge in [0.05, 0.1) is 12.8 Å². The van der Waals surface area contributed by atoms with Gasteiger partial charge in [-0.15, -0.1) is 0 Å². The lowest BCUT2D eigenvalue weighted by Gasteiger charge is -2.15. The Morgan fingerprint density at radius 3 is 2.43 bits per heavy atom. The number of amides is 1. The molecule has 0 radical (unpaired) electrons. The Hall–Kier alpha value is -2.88. The SMILES string of the molecule is COC(=O)/C=C/c1cc(C)cc(-c2ccccc2)c1NC(C)=O. The summed E-state index contributed by atoms with van der Waals surface area (Å²) in [5.74, 6) is -0.611. The van der Waals surface area contributed by atoms with E-state index in [0.717, 1.165) is 22.3 Å². The van der Waals surface area contributed by atoms with Crippen LogP contribution in [0.3, 0.4) is 0 Å². The number of nitrogens with one attached hydrogen (secondary N) is 1. The molecular weight excluding hydrogens is 290 g/mol. The lowest BCUT2D eigenvalue weighted by atomic mass is 9.97. The van der Waals surface area contributed by atoms with Crippen LogP contribution in [-0.4, -0.2) is 19.0 Å². The second kappa shape index (κ2) is 7.40. The molecule has 1 N–H and O–H groups in total.